The van der Waals surface area contributed by atoms with E-state index in [1.165, 1.54) is 11.3 Å². The van der Waals surface area contributed by atoms with Gasteiger partial charge in [0.1, 0.15) is 4.21 Å². The first kappa shape index (κ1) is 13.7. The molecule has 0 aliphatic rings. The SMILES string of the molecule is CNC(C)CCCCS(=O)(=O)c1cccs1. The summed E-state index contributed by atoms with van der Waals surface area (Å²) in [5.41, 5.74) is 0. The topological polar surface area (TPSA) is 46.2 Å². The highest BCUT2D eigenvalue weighted by Crippen LogP contribution is 2.18. The minimum atomic E-state index is -3.02. The molecule has 92 valence electrons. The maximum Gasteiger partial charge on any atom is 0.187 e. The summed E-state index contributed by atoms with van der Waals surface area (Å²) in [4.78, 5) is 0. The first-order chi connectivity index (χ1) is 7.56. The standard InChI is InChI=1S/C11H19NO2S2/c1-10(12-2)6-3-4-9-16(13,14)11-7-5-8-15-11/h5,7-8,10,12H,3-4,6,9H2,1-2H3. The molecule has 0 spiro atoms. The van der Waals surface area contributed by atoms with Crippen molar-refractivity contribution in [1.82, 2.24) is 5.32 Å². The van der Waals surface area contributed by atoms with Gasteiger partial charge in [-0.15, -0.1) is 11.3 Å². The molecule has 0 saturated carbocycles. The van der Waals surface area contributed by atoms with Gasteiger partial charge >= 0.3 is 0 Å². The maximum absolute atomic E-state index is 11.8. The Morgan fingerprint density at radius 3 is 2.75 bits per heavy atom. The minimum Gasteiger partial charge on any atom is -0.317 e. The van der Waals surface area contributed by atoms with E-state index in [0.717, 1.165) is 19.3 Å². The zero-order chi connectivity index (χ0) is 12.0. The van der Waals surface area contributed by atoms with Crippen LogP contribution in [0.15, 0.2) is 21.7 Å². The van der Waals surface area contributed by atoms with Crippen molar-refractivity contribution in [3.05, 3.63) is 17.5 Å². The molecule has 0 saturated heterocycles. The van der Waals surface area contributed by atoms with Gasteiger partial charge in [-0.1, -0.05) is 12.5 Å². The molecular weight excluding hydrogens is 242 g/mol. The molecular formula is C11H19NO2S2. The van der Waals surface area contributed by atoms with Gasteiger partial charge in [-0.3, -0.25) is 0 Å². The van der Waals surface area contributed by atoms with Crippen LogP contribution in [0.25, 0.3) is 0 Å². The lowest BCUT2D eigenvalue weighted by Crippen LogP contribution is -2.20. The van der Waals surface area contributed by atoms with Crippen LogP contribution in [0.2, 0.25) is 0 Å². The third kappa shape index (κ3) is 4.23. The van der Waals surface area contributed by atoms with Crippen LogP contribution in [0.4, 0.5) is 0 Å². The normalized spacial score (nSPS) is 13.9. The lowest BCUT2D eigenvalue weighted by molar-refractivity contribution is 0.533. The Morgan fingerprint density at radius 1 is 1.44 bits per heavy atom. The van der Waals surface area contributed by atoms with Gasteiger partial charge in [0.05, 0.1) is 5.75 Å². The monoisotopic (exact) mass is 261 g/mol. The summed E-state index contributed by atoms with van der Waals surface area (Å²) in [5, 5.41) is 4.94. The van der Waals surface area contributed by atoms with Gasteiger partial charge in [0.15, 0.2) is 9.84 Å². The third-order valence-electron chi connectivity index (χ3n) is 2.59. The zero-order valence-electron chi connectivity index (χ0n) is 9.77. The zero-order valence-corrected chi connectivity index (χ0v) is 11.4. The van der Waals surface area contributed by atoms with E-state index in [1.54, 1.807) is 17.5 Å². The Labute approximate surface area is 102 Å². The molecule has 0 bridgehead atoms. The summed E-state index contributed by atoms with van der Waals surface area (Å²) >= 11 is 1.30. The predicted octanol–water partition coefficient (Wildman–Crippen LogP) is 2.30. The fourth-order valence-electron chi connectivity index (χ4n) is 1.43. The van der Waals surface area contributed by atoms with Gasteiger partial charge in [0, 0.05) is 6.04 Å². The van der Waals surface area contributed by atoms with Crippen LogP contribution < -0.4 is 5.32 Å². The second-order valence-electron chi connectivity index (χ2n) is 3.94. The highest BCUT2D eigenvalue weighted by molar-refractivity contribution is 7.93. The molecule has 3 nitrogen and oxygen atoms in total. The van der Waals surface area contributed by atoms with Crippen molar-refractivity contribution in [2.45, 2.75) is 36.4 Å². The van der Waals surface area contributed by atoms with Crippen LogP contribution in [-0.2, 0) is 9.84 Å². The smallest absolute Gasteiger partial charge is 0.187 e. The number of nitrogens with one attached hydrogen (secondary N) is 1. The largest absolute Gasteiger partial charge is 0.317 e. The van der Waals surface area contributed by atoms with Crippen LogP contribution in [-0.4, -0.2) is 27.3 Å². The Hall–Kier alpha value is -0.390. The highest BCUT2D eigenvalue weighted by Gasteiger charge is 2.14. The molecule has 0 aliphatic heterocycles. The lowest BCUT2D eigenvalue weighted by atomic mass is 10.1. The molecule has 5 heteroatoms. The first-order valence-corrected chi connectivity index (χ1v) is 8.03. The van der Waals surface area contributed by atoms with Crippen LogP contribution in [0.3, 0.4) is 0 Å². The Kier molecular flexibility index (Phi) is 5.44. The molecule has 16 heavy (non-hydrogen) atoms. The van der Waals surface area contributed by atoms with Crippen LogP contribution in [0.1, 0.15) is 26.2 Å². The molecule has 0 fully saturated rings. The van der Waals surface area contributed by atoms with Crippen molar-refractivity contribution in [2.24, 2.45) is 0 Å². The quantitative estimate of drug-likeness (QED) is 0.766. The van der Waals surface area contributed by atoms with E-state index in [1.807, 2.05) is 7.05 Å². The van der Waals surface area contributed by atoms with E-state index in [2.05, 4.69) is 12.2 Å². The maximum atomic E-state index is 11.8. The average Bonchev–Trinajstić information content (AvgIpc) is 2.78. The molecule has 1 unspecified atom stereocenters. The van der Waals surface area contributed by atoms with Gasteiger partial charge < -0.3 is 5.32 Å². The Morgan fingerprint density at radius 2 is 2.19 bits per heavy atom. The van der Waals surface area contributed by atoms with Crippen LogP contribution in [0, 0.1) is 0 Å². The van der Waals surface area contributed by atoms with E-state index in [-0.39, 0.29) is 5.75 Å². The van der Waals surface area contributed by atoms with Crippen molar-refractivity contribution in [1.29, 1.82) is 0 Å². The summed E-state index contributed by atoms with van der Waals surface area (Å²) in [6.45, 7) is 2.10. The van der Waals surface area contributed by atoms with E-state index in [4.69, 9.17) is 0 Å². The number of sulfone groups is 1. The fraction of sp³-hybridized carbons (Fsp3) is 0.636. The first-order valence-electron chi connectivity index (χ1n) is 5.50. The number of hydrogen-bond donors (Lipinski definition) is 1. The van der Waals surface area contributed by atoms with Crippen molar-refractivity contribution < 1.29 is 8.42 Å². The molecule has 0 aromatic carbocycles. The summed E-state index contributed by atoms with van der Waals surface area (Å²) in [6.07, 6.45) is 2.72. The molecule has 1 atom stereocenters. The van der Waals surface area contributed by atoms with Gasteiger partial charge in [-0.2, -0.15) is 0 Å². The van der Waals surface area contributed by atoms with Crippen molar-refractivity contribution in [2.75, 3.05) is 12.8 Å². The Bertz CT molecular complexity index is 384. The molecule has 1 heterocycles. The fourth-order valence-corrected chi connectivity index (χ4v) is 3.95. The summed E-state index contributed by atoms with van der Waals surface area (Å²) in [7, 11) is -1.10. The molecule has 1 rings (SSSR count). The summed E-state index contributed by atoms with van der Waals surface area (Å²) in [5.74, 6) is 0.268. The van der Waals surface area contributed by atoms with Gasteiger partial charge in [0.2, 0.25) is 0 Å². The second kappa shape index (κ2) is 6.37. The van der Waals surface area contributed by atoms with Crippen LogP contribution in [0.5, 0.6) is 0 Å². The van der Waals surface area contributed by atoms with Crippen molar-refractivity contribution in [3.8, 4) is 0 Å². The van der Waals surface area contributed by atoms with Gasteiger partial charge in [-0.05, 0) is 38.3 Å². The third-order valence-corrected chi connectivity index (χ3v) is 5.88. The minimum absolute atomic E-state index is 0.268. The Balaban J connectivity index is 2.33. The molecule has 0 aliphatic carbocycles. The van der Waals surface area contributed by atoms with Gasteiger partial charge in [-0.25, -0.2) is 8.42 Å². The molecule has 0 amide bonds. The van der Waals surface area contributed by atoms with E-state index >= 15 is 0 Å². The lowest BCUT2D eigenvalue weighted by Gasteiger charge is -2.08. The number of thiophene rings is 1. The molecule has 1 aromatic rings. The van der Waals surface area contributed by atoms with Crippen LogP contribution >= 0.6 is 11.3 Å². The molecule has 1 aromatic heterocycles. The number of rotatable bonds is 7. The van der Waals surface area contributed by atoms with E-state index in [9.17, 15) is 8.42 Å². The molecule has 0 radical (unpaired) electrons. The number of unbranched alkanes of at least 4 members (excludes halogenated alkanes) is 1. The van der Waals surface area contributed by atoms with Crippen molar-refractivity contribution >= 4 is 21.2 Å². The number of hydrogen-bond acceptors (Lipinski definition) is 4. The average molecular weight is 261 g/mol. The van der Waals surface area contributed by atoms with Gasteiger partial charge in [0.25, 0.3) is 0 Å². The molecule has 1 N–H and O–H groups in total. The highest BCUT2D eigenvalue weighted by atomic mass is 32.2. The predicted molar refractivity (Wildman–Crippen MR) is 68.7 cm³/mol. The second-order valence-corrected chi connectivity index (χ2v) is 7.22. The summed E-state index contributed by atoms with van der Waals surface area (Å²) < 4.78 is 24.1. The van der Waals surface area contributed by atoms with E-state index < -0.39 is 9.84 Å². The summed E-state index contributed by atoms with van der Waals surface area (Å²) in [6, 6.07) is 3.92. The van der Waals surface area contributed by atoms with Crippen molar-refractivity contribution in [3.63, 3.8) is 0 Å². The van der Waals surface area contributed by atoms with E-state index in [0.29, 0.717) is 10.3 Å².